The minimum absolute atomic E-state index is 0.0906. The summed E-state index contributed by atoms with van der Waals surface area (Å²) >= 11 is 0. The van der Waals surface area contributed by atoms with Crippen LogP contribution in [0.1, 0.15) is 38.2 Å². The smallest absolute Gasteiger partial charge is 0.280 e. The predicted molar refractivity (Wildman–Crippen MR) is 51.6 cm³/mol. The number of hydrogen-bond acceptors (Lipinski definition) is 3. The summed E-state index contributed by atoms with van der Waals surface area (Å²) in [7, 11) is 0. The first-order valence-electron chi connectivity index (χ1n) is 4.55. The maximum Gasteiger partial charge on any atom is 0.280 e. The van der Waals surface area contributed by atoms with Crippen LogP contribution < -0.4 is 11.3 Å². The molecular formula is C9H13F2N3O. The van der Waals surface area contributed by atoms with E-state index in [1.165, 1.54) is 0 Å². The molecule has 1 rings (SSSR count). The van der Waals surface area contributed by atoms with Crippen molar-refractivity contribution in [2.45, 2.75) is 32.2 Å². The van der Waals surface area contributed by atoms with Crippen molar-refractivity contribution in [3.63, 3.8) is 0 Å². The number of H-pyrrole nitrogens is 1. The van der Waals surface area contributed by atoms with E-state index in [0.29, 0.717) is 6.42 Å². The normalized spacial score (nSPS) is 15.3. The van der Waals surface area contributed by atoms with E-state index >= 15 is 0 Å². The van der Waals surface area contributed by atoms with Crippen molar-refractivity contribution in [1.82, 2.24) is 9.97 Å². The molecule has 0 bridgehead atoms. The lowest BCUT2D eigenvalue weighted by Gasteiger charge is -2.21. The van der Waals surface area contributed by atoms with E-state index in [-0.39, 0.29) is 5.82 Å². The highest BCUT2D eigenvalue weighted by atomic mass is 19.3. The minimum Gasteiger partial charge on any atom is -0.319 e. The van der Waals surface area contributed by atoms with Gasteiger partial charge in [0.1, 0.15) is 11.5 Å². The van der Waals surface area contributed by atoms with E-state index in [4.69, 9.17) is 5.73 Å². The molecule has 0 aliphatic rings. The quantitative estimate of drug-likeness (QED) is 0.801. The highest BCUT2D eigenvalue weighted by Crippen LogP contribution is 2.19. The van der Waals surface area contributed by atoms with Gasteiger partial charge in [-0.25, -0.2) is 13.8 Å². The third-order valence-corrected chi connectivity index (χ3v) is 2.26. The van der Waals surface area contributed by atoms with Gasteiger partial charge in [0.05, 0.1) is 5.54 Å². The second-order valence-electron chi connectivity index (χ2n) is 3.59. The Hall–Kier alpha value is -1.30. The summed E-state index contributed by atoms with van der Waals surface area (Å²) in [5.74, 6) is 0.0906. The molecule has 0 spiro atoms. The number of hydrogen-bond donors (Lipinski definition) is 2. The molecular weight excluding hydrogens is 204 g/mol. The molecule has 1 aromatic heterocycles. The molecule has 3 N–H and O–H groups in total. The number of alkyl halides is 2. The molecule has 1 atom stereocenters. The van der Waals surface area contributed by atoms with Crippen molar-refractivity contribution < 1.29 is 8.78 Å². The van der Waals surface area contributed by atoms with Gasteiger partial charge in [0, 0.05) is 6.07 Å². The number of rotatable bonds is 3. The summed E-state index contributed by atoms with van der Waals surface area (Å²) in [6.07, 6.45) is -2.28. The fourth-order valence-corrected chi connectivity index (χ4v) is 1.03. The first kappa shape index (κ1) is 11.8. The Balaban J connectivity index is 3.27. The summed E-state index contributed by atoms with van der Waals surface area (Å²) in [5, 5.41) is 0. The lowest BCUT2D eigenvalue weighted by molar-refractivity contribution is 0.145. The van der Waals surface area contributed by atoms with Crippen LogP contribution in [0.25, 0.3) is 0 Å². The van der Waals surface area contributed by atoms with Crippen LogP contribution in [0.2, 0.25) is 0 Å². The van der Waals surface area contributed by atoms with E-state index in [1.54, 1.807) is 13.8 Å². The maximum atomic E-state index is 12.4. The Labute approximate surface area is 85.5 Å². The summed E-state index contributed by atoms with van der Waals surface area (Å²) in [6.45, 7) is 3.41. The summed E-state index contributed by atoms with van der Waals surface area (Å²) in [5.41, 5.74) is 3.75. The number of nitrogens with zero attached hydrogens (tertiary/aromatic N) is 1. The zero-order valence-electron chi connectivity index (χ0n) is 8.55. The van der Waals surface area contributed by atoms with Crippen molar-refractivity contribution >= 4 is 0 Å². The van der Waals surface area contributed by atoms with Gasteiger partial charge in [0.25, 0.3) is 12.0 Å². The molecule has 0 saturated carbocycles. The van der Waals surface area contributed by atoms with E-state index < -0.39 is 23.2 Å². The molecule has 0 radical (unpaired) electrons. The fraction of sp³-hybridized carbons (Fsp3) is 0.556. The van der Waals surface area contributed by atoms with Gasteiger partial charge in [-0.1, -0.05) is 6.92 Å². The van der Waals surface area contributed by atoms with Crippen LogP contribution in [0.5, 0.6) is 0 Å². The molecule has 0 aromatic carbocycles. The molecule has 4 nitrogen and oxygen atoms in total. The highest BCUT2D eigenvalue weighted by Gasteiger charge is 2.23. The number of aromatic nitrogens is 2. The van der Waals surface area contributed by atoms with Crippen molar-refractivity contribution in [2.24, 2.45) is 5.73 Å². The van der Waals surface area contributed by atoms with Crippen LogP contribution in [-0.2, 0) is 5.54 Å². The van der Waals surface area contributed by atoms with Crippen LogP contribution in [0, 0.1) is 0 Å². The Morgan fingerprint density at radius 2 is 2.27 bits per heavy atom. The predicted octanol–water partition coefficient (Wildman–Crippen LogP) is 1.29. The van der Waals surface area contributed by atoms with Crippen molar-refractivity contribution in [3.8, 4) is 0 Å². The zero-order chi connectivity index (χ0) is 11.6. The van der Waals surface area contributed by atoms with Gasteiger partial charge in [-0.15, -0.1) is 0 Å². The molecule has 0 fully saturated rings. The van der Waals surface area contributed by atoms with Gasteiger partial charge >= 0.3 is 0 Å². The summed E-state index contributed by atoms with van der Waals surface area (Å²) in [6, 6.07) is 0.778. The minimum atomic E-state index is -2.77. The molecule has 0 aliphatic heterocycles. The summed E-state index contributed by atoms with van der Waals surface area (Å²) < 4.78 is 24.7. The van der Waals surface area contributed by atoms with Crippen LogP contribution in [0.15, 0.2) is 10.9 Å². The molecule has 0 saturated heterocycles. The largest absolute Gasteiger partial charge is 0.319 e. The van der Waals surface area contributed by atoms with Gasteiger partial charge in [-0.2, -0.15) is 0 Å². The Kier molecular flexibility index (Phi) is 3.18. The molecule has 0 aliphatic carbocycles. The second kappa shape index (κ2) is 4.06. The highest BCUT2D eigenvalue weighted by molar-refractivity contribution is 5.09. The van der Waals surface area contributed by atoms with Crippen LogP contribution >= 0.6 is 0 Å². The SMILES string of the molecule is CC[C@@](C)(N)c1nc(C(F)F)cc(=O)[nH]1. The van der Waals surface area contributed by atoms with Crippen LogP contribution in [0.3, 0.4) is 0 Å². The number of nitrogens with two attached hydrogens (primary N) is 1. The average molecular weight is 217 g/mol. The number of aromatic amines is 1. The number of nitrogens with one attached hydrogen (secondary N) is 1. The molecule has 1 heterocycles. The third-order valence-electron chi connectivity index (χ3n) is 2.26. The molecule has 15 heavy (non-hydrogen) atoms. The lowest BCUT2D eigenvalue weighted by Crippen LogP contribution is -2.36. The second-order valence-corrected chi connectivity index (χ2v) is 3.59. The van der Waals surface area contributed by atoms with Gasteiger partial charge < -0.3 is 10.7 Å². The molecule has 1 aromatic rings. The number of halogens is 2. The molecule has 0 amide bonds. The van der Waals surface area contributed by atoms with E-state index in [1.807, 2.05) is 0 Å². The van der Waals surface area contributed by atoms with E-state index in [0.717, 1.165) is 6.07 Å². The lowest BCUT2D eigenvalue weighted by atomic mass is 9.99. The maximum absolute atomic E-state index is 12.4. The standard InChI is InChI=1S/C9H13F2N3O/c1-3-9(2,12)8-13-5(7(10)11)4-6(15)14-8/h4,7H,3,12H2,1-2H3,(H,13,14,15)/t9-/m1/s1. The van der Waals surface area contributed by atoms with Gasteiger partial charge in [0.15, 0.2) is 0 Å². The Morgan fingerprint density at radius 1 is 1.67 bits per heavy atom. The first-order valence-corrected chi connectivity index (χ1v) is 4.55. The van der Waals surface area contributed by atoms with Gasteiger partial charge in [-0.3, -0.25) is 4.79 Å². The van der Waals surface area contributed by atoms with E-state index in [9.17, 15) is 13.6 Å². The van der Waals surface area contributed by atoms with Crippen molar-refractivity contribution in [2.75, 3.05) is 0 Å². The fourth-order valence-electron chi connectivity index (χ4n) is 1.03. The van der Waals surface area contributed by atoms with Crippen molar-refractivity contribution in [1.29, 1.82) is 0 Å². The Bertz CT molecular complexity index is 401. The van der Waals surface area contributed by atoms with Crippen molar-refractivity contribution in [3.05, 3.63) is 27.9 Å². The van der Waals surface area contributed by atoms with Gasteiger partial charge in [-0.05, 0) is 13.3 Å². The molecule has 84 valence electrons. The summed E-state index contributed by atoms with van der Waals surface area (Å²) in [4.78, 5) is 17.1. The monoisotopic (exact) mass is 217 g/mol. The molecule has 0 unspecified atom stereocenters. The molecule has 6 heteroatoms. The first-order chi connectivity index (χ1) is 6.86. The van der Waals surface area contributed by atoms with Crippen LogP contribution in [0.4, 0.5) is 8.78 Å². The average Bonchev–Trinajstić information content (AvgIpc) is 2.16. The van der Waals surface area contributed by atoms with Gasteiger partial charge in [0.2, 0.25) is 0 Å². The zero-order valence-corrected chi connectivity index (χ0v) is 8.55. The Morgan fingerprint density at radius 3 is 2.73 bits per heavy atom. The van der Waals surface area contributed by atoms with Crippen LogP contribution in [-0.4, -0.2) is 9.97 Å². The third kappa shape index (κ3) is 2.59. The van der Waals surface area contributed by atoms with E-state index in [2.05, 4.69) is 9.97 Å². The topological polar surface area (TPSA) is 71.8 Å².